The molecule has 260 valence electrons. The van der Waals surface area contributed by atoms with E-state index in [2.05, 4.69) is 10.6 Å². The lowest BCUT2D eigenvalue weighted by Gasteiger charge is -2.53. The Labute approximate surface area is 283 Å². The number of urea groups is 1. The molecule has 3 atom stereocenters. The summed E-state index contributed by atoms with van der Waals surface area (Å²) in [5.74, 6) is -1.50. The zero-order valence-electron chi connectivity index (χ0n) is 27.4. The Morgan fingerprint density at radius 2 is 1.55 bits per heavy atom. The first-order valence-electron chi connectivity index (χ1n) is 16.3. The van der Waals surface area contributed by atoms with E-state index in [0.717, 1.165) is 23.3 Å². The molecular formula is C36H40F3N5O5. The number of aryl methyl sites for hydroxylation is 1. The van der Waals surface area contributed by atoms with E-state index in [1.54, 1.807) is 4.90 Å². The second kappa shape index (κ2) is 15.4. The number of carbonyl (C=O) groups excluding carboxylic acids is 4. The summed E-state index contributed by atoms with van der Waals surface area (Å²) >= 11 is 0. The number of halogens is 3. The van der Waals surface area contributed by atoms with Crippen LogP contribution in [0.15, 0.2) is 78.9 Å². The highest BCUT2D eigenvalue weighted by Crippen LogP contribution is 2.33. The molecule has 2 N–H and O–H groups in total. The Morgan fingerprint density at radius 1 is 0.878 bits per heavy atom. The van der Waals surface area contributed by atoms with E-state index < -0.39 is 54.5 Å². The van der Waals surface area contributed by atoms with E-state index in [0.29, 0.717) is 18.5 Å². The molecule has 3 aromatic rings. The fourth-order valence-electron chi connectivity index (χ4n) is 6.32. The van der Waals surface area contributed by atoms with Gasteiger partial charge in [0.25, 0.3) is 0 Å². The second-order valence-corrected chi connectivity index (χ2v) is 12.4. The predicted octanol–water partition coefficient (Wildman–Crippen LogP) is 5.10. The molecule has 2 fully saturated rings. The smallest absolute Gasteiger partial charge is 0.416 e. The lowest BCUT2D eigenvalue weighted by atomic mass is 9.91. The van der Waals surface area contributed by atoms with Gasteiger partial charge in [-0.15, -0.1) is 0 Å². The first-order chi connectivity index (χ1) is 23.4. The highest BCUT2D eigenvalue weighted by Gasteiger charge is 2.52. The molecule has 0 spiro atoms. The number of amides is 5. The van der Waals surface area contributed by atoms with Crippen molar-refractivity contribution in [2.24, 2.45) is 5.92 Å². The van der Waals surface area contributed by atoms with E-state index >= 15 is 0 Å². The quantitative estimate of drug-likeness (QED) is 0.310. The Hall–Kier alpha value is -5.07. The van der Waals surface area contributed by atoms with Crippen LogP contribution in [0.1, 0.15) is 41.2 Å². The third-order valence-corrected chi connectivity index (χ3v) is 8.61. The SMILES string of the molecule is CCCNC(=O)NC[C@H]1C(=O)N(Cc2ccccc2)C[C@@H]2N(C(=O)OCc3cc(C)cc(C(F)(F)F)c3)C[C@H](Cc3ccccc3)C(=O)N21. The molecule has 0 saturated carbocycles. The predicted molar refractivity (Wildman–Crippen MR) is 175 cm³/mol. The molecule has 5 rings (SSSR count). The summed E-state index contributed by atoms with van der Waals surface area (Å²) in [5, 5.41) is 5.42. The lowest BCUT2D eigenvalue weighted by Crippen LogP contribution is -2.74. The van der Waals surface area contributed by atoms with E-state index in [1.165, 1.54) is 22.8 Å². The molecule has 2 aliphatic rings. The molecule has 13 heteroatoms. The van der Waals surface area contributed by atoms with Crippen LogP contribution in [0.25, 0.3) is 0 Å². The Balaban J connectivity index is 1.47. The van der Waals surface area contributed by atoms with E-state index in [9.17, 15) is 32.3 Å². The zero-order chi connectivity index (χ0) is 35.1. The first-order valence-corrected chi connectivity index (χ1v) is 16.3. The maximum atomic E-state index is 14.3. The van der Waals surface area contributed by atoms with Crippen LogP contribution in [0.3, 0.4) is 0 Å². The van der Waals surface area contributed by atoms with Gasteiger partial charge in [-0.05, 0) is 48.6 Å². The standard InChI is InChI=1S/C36H40F3N5O5/c1-3-14-40-34(47)41-19-30-33(46)42(20-26-12-8-5-9-13-26)22-31-43(21-28(32(45)44(30)31)17-25-10-6-4-7-11-25)35(48)49-23-27-15-24(2)16-29(18-27)36(37,38)39/h4-13,15-16,18,28,30-31H,3,14,17,19-23H2,1-2H3,(H2,40,41,47)/t28-,30-,31+/m0/s1. The maximum Gasteiger partial charge on any atom is 0.416 e. The lowest BCUT2D eigenvalue weighted by molar-refractivity contribution is -0.172. The summed E-state index contributed by atoms with van der Waals surface area (Å²) in [6, 6.07) is 20.3. The van der Waals surface area contributed by atoms with Gasteiger partial charge in [-0.3, -0.25) is 14.5 Å². The summed E-state index contributed by atoms with van der Waals surface area (Å²) in [6.07, 6.45) is -5.40. The van der Waals surface area contributed by atoms with Crippen molar-refractivity contribution in [3.8, 4) is 0 Å². The van der Waals surface area contributed by atoms with Crippen molar-refractivity contribution in [1.29, 1.82) is 0 Å². The van der Waals surface area contributed by atoms with Gasteiger partial charge in [-0.25, -0.2) is 9.59 Å². The minimum atomic E-state index is -4.57. The van der Waals surface area contributed by atoms with Crippen LogP contribution < -0.4 is 10.6 Å². The largest absolute Gasteiger partial charge is 0.444 e. The summed E-state index contributed by atoms with van der Waals surface area (Å²) in [6.45, 7) is 3.33. The molecule has 2 heterocycles. The molecule has 0 radical (unpaired) electrons. The summed E-state index contributed by atoms with van der Waals surface area (Å²) in [7, 11) is 0. The second-order valence-electron chi connectivity index (χ2n) is 12.4. The number of benzene rings is 3. The van der Waals surface area contributed by atoms with Gasteiger partial charge in [0.2, 0.25) is 11.8 Å². The molecule has 0 unspecified atom stereocenters. The Bertz CT molecular complexity index is 1640. The molecule has 3 aromatic carbocycles. The Kier molecular flexibility index (Phi) is 11.1. The van der Waals surface area contributed by atoms with Crippen LogP contribution in [0, 0.1) is 12.8 Å². The molecule has 5 amide bonds. The molecule has 2 aliphatic heterocycles. The number of nitrogens with zero attached hydrogens (tertiary/aromatic N) is 3. The van der Waals surface area contributed by atoms with Crippen molar-refractivity contribution in [2.45, 2.75) is 58.2 Å². The number of fused-ring (bicyclic) bond motifs is 1. The number of piperazine rings is 1. The summed E-state index contributed by atoms with van der Waals surface area (Å²) < 4.78 is 46.1. The fraction of sp³-hybridized carbons (Fsp3) is 0.389. The zero-order valence-corrected chi connectivity index (χ0v) is 27.4. The van der Waals surface area contributed by atoms with Crippen LogP contribution in [-0.2, 0) is 40.1 Å². The van der Waals surface area contributed by atoms with Crippen molar-refractivity contribution >= 4 is 23.9 Å². The molecule has 0 aromatic heterocycles. The van der Waals surface area contributed by atoms with Crippen molar-refractivity contribution in [3.05, 3.63) is 107 Å². The average Bonchev–Trinajstić information content (AvgIpc) is 3.08. The topological polar surface area (TPSA) is 111 Å². The summed E-state index contributed by atoms with van der Waals surface area (Å²) in [5.41, 5.74) is 1.34. The van der Waals surface area contributed by atoms with Gasteiger partial charge in [-0.1, -0.05) is 79.2 Å². The third-order valence-electron chi connectivity index (χ3n) is 8.61. The van der Waals surface area contributed by atoms with Gasteiger partial charge in [0.05, 0.1) is 18.0 Å². The van der Waals surface area contributed by atoms with Crippen molar-refractivity contribution < 1.29 is 37.1 Å². The fourth-order valence-corrected chi connectivity index (χ4v) is 6.32. The number of carbonyl (C=O) groups is 4. The minimum Gasteiger partial charge on any atom is -0.444 e. The van der Waals surface area contributed by atoms with E-state index in [-0.39, 0.29) is 44.1 Å². The number of ether oxygens (including phenoxy) is 1. The van der Waals surface area contributed by atoms with Gasteiger partial charge in [0.15, 0.2) is 0 Å². The van der Waals surface area contributed by atoms with E-state index in [1.807, 2.05) is 67.6 Å². The number of alkyl halides is 3. The molecule has 10 nitrogen and oxygen atoms in total. The third kappa shape index (κ3) is 8.70. The van der Waals surface area contributed by atoms with Crippen LogP contribution in [0.2, 0.25) is 0 Å². The van der Waals surface area contributed by atoms with Crippen LogP contribution >= 0.6 is 0 Å². The van der Waals surface area contributed by atoms with Crippen LogP contribution in [0.4, 0.5) is 22.8 Å². The number of hydrogen-bond donors (Lipinski definition) is 2. The Morgan fingerprint density at radius 3 is 2.20 bits per heavy atom. The van der Waals surface area contributed by atoms with Crippen LogP contribution in [-0.4, -0.2) is 77.0 Å². The normalized spacial score (nSPS) is 19.4. The molecule has 49 heavy (non-hydrogen) atoms. The summed E-state index contributed by atoms with van der Waals surface area (Å²) in [4.78, 5) is 59.1. The number of nitrogens with one attached hydrogen (secondary N) is 2. The van der Waals surface area contributed by atoms with Gasteiger partial charge in [0, 0.05) is 26.2 Å². The highest BCUT2D eigenvalue weighted by molar-refractivity contribution is 5.92. The van der Waals surface area contributed by atoms with Gasteiger partial charge in [-0.2, -0.15) is 13.2 Å². The molecule has 2 saturated heterocycles. The van der Waals surface area contributed by atoms with Crippen LogP contribution in [0.5, 0.6) is 0 Å². The molecule has 0 bridgehead atoms. The molecular weight excluding hydrogens is 639 g/mol. The molecule has 0 aliphatic carbocycles. The van der Waals surface area contributed by atoms with E-state index in [4.69, 9.17) is 4.74 Å². The first kappa shape index (κ1) is 35.2. The van der Waals surface area contributed by atoms with Crippen molar-refractivity contribution in [3.63, 3.8) is 0 Å². The van der Waals surface area contributed by atoms with Gasteiger partial charge < -0.3 is 25.2 Å². The monoisotopic (exact) mass is 679 g/mol. The average molecular weight is 680 g/mol. The van der Waals surface area contributed by atoms with Crippen molar-refractivity contribution in [1.82, 2.24) is 25.3 Å². The van der Waals surface area contributed by atoms with Gasteiger partial charge in [0.1, 0.15) is 18.8 Å². The van der Waals surface area contributed by atoms with Crippen molar-refractivity contribution in [2.75, 3.05) is 26.2 Å². The highest BCUT2D eigenvalue weighted by atomic mass is 19.4. The van der Waals surface area contributed by atoms with Gasteiger partial charge >= 0.3 is 18.3 Å². The number of hydrogen-bond acceptors (Lipinski definition) is 5. The number of rotatable bonds is 10. The maximum absolute atomic E-state index is 14.3. The minimum absolute atomic E-state index is 0.0339.